The van der Waals surface area contributed by atoms with Gasteiger partial charge in [-0.05, 0) is 109 Å². The van der Waals surface area contributed by atoms with Gasteiger partial charge in [0.1, 0.15) is 0 Å². The Bertz CT molecular complexity index is 3280. The van der Waals surface area contributed by atoms with Gasteiger partial charge in [0.25, 0.3) is 17.7 Å². The van der Waals surface area contributed by atoms with Crippen LogP contribution in [0.2, 0.25) is 0 Å². The number of anilines is 3. The number of carbonyl (C=O) groups excluding carboxylic acids is 4. The van der Waals surface area contributed by atoms with E-state index in [4.69, 9.17) is 39.9 Å². The van der Waals surface area contributed by atoms with E-state index >= 15 is 0 Å². The van der Waals surface area contributed by atoms with Crippen molar-refractivity contribution < 1.29 is 36.2 Å². The fourth-order valence-electron chi connectivity index (χ4n) is 7.10. The number of ketones is 1. The van der Waals surface area contributed by atoms with Crippen LogP contribution in [0.15, 0.2) is 121 Å². The zero-order valence-corrected chi connectivity index (χ0v) is 36.4. The van der Waals surface area contributed by atoms with Gasteiger partial charge in [-0.25, -0.2) is 9.97 Å². The molecule has 3 amide bonds. The molecule has 0 fully saturated rings. The number of rotatable bonds is 9. The number of fused-ring (bicyclic) bond motifs is 20. The second-order valence-electron chi connectivity index (χ2n) is 15.7. The number of nitrogens with zero attached hydrogens (tertiary/aromatic N) is 8. The molecule has 16 heteroatoms. The normalized spacial score (nSPS) is 11.2. The smallest absolute Gasteiger partial charge is 0.357 e. The van der Waals surface area contributed by atoms with E-state index in [1.54, 1.807) is 82.3 Å². The topological polar surface area (TPSA) is 210 Å². The van der Waals surface area contributed by atoms with Gasteiger partial charge in [-0.15, -0.1) is 0 Å². The fraction of sp³-hybridized carbons (Fsp3) is 0.102. The van der Waals surface area contributed by atoms with Crippen molar-refractivity contribution in [3.8, 4) is 45.6 Å². The van der Waals surface area contributed by atoms with Gasteiger partial charge in [0.05, 0.1) is 23.3 Å². The van der Waals surface area contributed by atoms with Crippen molar-refractivity contribution in [2.24, 2.45) is 0 Å². The molecule has 7 aromatic rings. The molecule has 5 heterocycles. The summed E-state index contributed by atoms with van der Waals surface area (Å²) in [7, 11) is 0. The van der Waals surface area contributed by atoms with Gasteiger partial charge in [0.15, 0.2) is 5.78 Å². The molecular formula is C49H37CuN11O4. The average molecular weight is 907 g/mol. The average Bonchev–Trinajstić information content (AvgIpc) is 3.98. The second-order valence-corrected chi connectivity index (χ2v) is 15.7. The van der Waals surface area contributed by atoms with Gasteiger partial charge >= 0.3 is 17.1 Å². The monoisotopic (exact) mass is 906 g/mol. The van der Waals surface area contributed by atoms with Gasteiger partial charge in [0.2, 0.25) is 0 Å². The molecule has 8 bridgehead atoms. The minimum atomic E-state index is -0.358. The molecule has 3 N–H and O–H groups in total. The van der Waals surface area contributed by atoms with Crippen LogP contribution in [0.3, 0.4) is 0 Å². The quantitative estimate of drug-likeness (QED) is 0.0922. The number of nitrogens with one attached hydrogen (secondary N) is 3. The maximum Gasteiger partial charge on any atom is 2.00 e. The standard InChI is InChI=1S/C49H39N11O4.Cu/c1-22(2)38(61)18-26-9-13-30-34(17-26)43-53-39(30)55-44-36-20-28(51-48(63)24(5)6)11-15-32(36)41(57-44)59-46-37-21-29(52-49(64)25(7)8)12-16-33(37)42(60-46)58-45-35-19-27(50-47(62)23(3)4)10-14-31(35)40(54-43)56-45;/h9-17,19-21H,1,3,5,7,18H2,2,4,6,8H3,(H5,50,51,52,53,54,55,56,57,58,59,60,62,63,64);/q;+2/p-2. The first-order valence-corrected chi connectivity index (χ1v) is 20.0. The molecular weight excluding hydrogens is 870 g/mol. The third-order valence-electron chi connectivity index (χ3n) is 10.5. The van der Waals surface area contributed by atoms with Crippen LogP contribution in [0.1, 0.15) is 33.3 Å². The summed E-state index contributed by atoms with van der Waals surface area (Å²) < 4.78 is 0. The van der Waals surface area contributed by atoms with Crippen LogP contribution in [0.25, 0.3) is 89.7 Å². The summed E-state index contributed by atoms with van der Waals surface area (Å²) >= 11 is 0. The summed E-state index contributed by atoms with van der Waals surface area (Å²) in [6.45, 7) is 21.6. The van der Waals surface area contributed by atoms with Crippen LogP contribution in [-0.2, 0) is 42.7 Å². The van der Waals surface area contributed by atoms with E-state index in [1.165, 1.54) is 0 Å². The van der Waals surface area contributed by atoms with Crippen molar-refractivity contribution in [3.63, 3.8) is 0 Å². The van der Waals surface area contributed by atoms with Crippen LogP contribution in [0.5, 0.6) is 0 Å². The van der Waals surface area contributed by atoms with E-state index in [9.17, 15) is 19.2 Å². The van der Waals surface area contributed by atoms with E-state index < -0.39 is 0 Å². The first kappa shape index (κ1) is 43.4. The van der Waals surface area contributed by atoms with Crippen molar-refractivity contribution in [1.29, 1.82) is 0 Å². The zero-order chi connectivity index (χ0) is 45.1. The van der Waals surface area contributed by atoms with Crippen molar-refractivity contribution in [3.05, 3.63) is 127 Å². The molecule has 4 aromatic carbocycles. The summed E-state index contributed by atoms with van der Waals surface area (Å²) in [5.41, 5.74) is 6.97. The van der Waals surface area contributed by atoms with E-state index in [2.05, 4.69) is 42.3 Å². The van der Waals surface area contributed by atoms with E-state index in [1.807, 2.05) is 18.2 Å². The van der Waals surface area contributed by atoms with Gasteiger partial charge in [-0.1, -0.05) is 50.6 Å². The van der Waals surface area contributed by atoms with E-state index in [0.29, 0.717) is 83.2 Å². The Morgan fingerprint density at radius 3 is 1.25 bits per heavy atom. The Labute approximate surface area is 381 Å². The molecule has 3 aromatic heterocycles. The number of hydrogen-bond donors (Lipinski definition) is 3. The molecule has 1 radical (unpaired) electrons. The molecule has 0 aliphatic carbocycles. The number of carbonyl (C=O) groups is 4. The predicted octanol–water partition coefficient (Wildman–Crippen LogP) is 8.36. The zero-order valence-electron chi connectivity index (χ0n) is 35.5. The molecule has 0 spiro atoms. The molecule has 323 valence electrons. The molecule has 9 rings (SSSR count). The van der Waals surface area contributed by atoms with E-state index in [0.717, 1.165) is 5.56 Å². The Morgan fingerprint density at radius 2 is 0.815 bits per heavy atom. The number of aromatic nitrogens is 8. The number of allylic oxidation sites excluding steroid dienone is 1. The number of amides is 3. The minimum Gasteiger partial charge on any atom is -0.357 e. The van der Waals surface area contributed by atoms with Crippen molar-refractivity contribution in [2.75, 3.05) is 16.0 Å². The van der Waals surface area contributed by atoms with Gasteiger partial charge in [-0.2, -0.15) is 0 Å². The van der Waals surface area contributed by atoms with Crippen LogP contribution in [0.4, 0.5) is 17.1 Å². The molecule has 65 heavy (non-hydrogen) atoms. The van der Waals surface area contributed by atoms with Gasteiger partial charge in [-0.3, -0.25) is 19.2 Å². The van der Waals surface area contributed by atoms with Crippen molar-refractivity contribution in [1.82, 2.24) is 39.9 Å². The molecule has 0 saturated carbocycles. The second kappa shape index (κ2) is 16.8. The first-order valence-electron chi connectivity index (χ1n) is 20.0. The summed E-state index contributed by atoms with van der Waals surface area (Å²) in [4.78, 5) is 90.8. The van der Waals surface area contributed by atoms with Gasteiger partial charge in [0, 0.05) is 85.0 Å². The van der Waals surface area contributed by atoms with Crippen LogP contribution < -0.4 is 25.9 Å². The largest absolute Gasteiger partial charge is 2.00 e. The van der Waals surface area contributed by atoms with Crippen molar-refractivity contribution in [2.45, 2.75) is 34.1 Å². The number of hydrogen-bond acceptors (Lipinski definition) is 10. The molecule has 0 unspecified atom stereocenters. The Balaban J connectivity index is 0.00000576. The summed E-state index contributed by atoms with van der Waals surface area (Å²) in [6.07, 6.45) is 0.115. The van der Waals surface area contributed by atoms with Crippen LogP contribution >= 0.6 is 0 Å². The maximum atomic E-state index is 12.8. The molecule has 2 aliphatic heterocycles. The third kappa shape index (κ3) is 8.26. The van der Waals surface area contributed by atoms with Gasteiger partial charge < -0.3 is 45.9 Å². The number of benzene rings is 4. The summed E-state index contributed by atoms with van der Waals surface area (Å²) in [5.74, 6) is -0.123. The molecule has 2 aliphatic rings. The van der Waals surface area contributed by atoms with Crippen LogP contribution in [0, 0.1) is 0 Å². The maximum absolute atomic E-state index is 12.8. The Hall–Kier alpha value is -8.20. The Kier molecular flexibility index (Phi) is 11.2. The SMILES string of the molecule is C=C(C)C(=O)Cc1ccc2c(c1)-c1nc-2nc2[n-]c(nc3nc(nc4[n-]c(n1)c1ccc(NC(=O)C(=C)C)cc41)-c1ccc(NC(=O)C(=C)C)cc1-3)c1ccc(NC(=O)C(=C)C)cc21.[Cu+2]. The molecule has 0 saturated heterocycles. The van der Waals surface area contributed by atoms with Crippen LogP contribution in [-0.4, -0.2) is 53.4 Å². The first-order chi connectivity index (χ1) is 30.6. The minimum absolute atomic E-state index is 0. The summed E-state index contributed by atoms with van der Waals surface area (Å²) in [5, 5.41) is 10.9. The van der Waals surface area contributed by atoms with E-state index in [-0.39, 0.29) is 92.9 Å². The summed E-state index contributed by atoms with van der Waals surface area (Å²) in [6, 6.07) is 21.3. The fourth-order valence-corrected chi connectivity index (χ4v) is 7.10. The van der Waals surface area contributed by atoms with Crippen molar-refractivity contribution >= 4 is 84.7 Å². The Morgan fingerprint density at radius 1 is 0.446 bits per heavy atom. The molecule has 15 nitrogen and oxygen atoms in total. The third-order valence-corrected chi connectivity index (χ3v) is 10.5. The molecule has 0 atom stereocenters. The number of Topliss-reactive ketones (excluding diaryl/α,β-unsaturated/α-hetero) is 1. The predicted molar refractivity (Wildman–Crippen MR) is 248 cm³/mol.